The minimum atomic E-state index is -1.53. The van der Waals surface area contributed by atoms with Gasteiger partial charge in [0.15, 0.2) is 0 Å². The molecule has 1 N–H and O–H groups in total. The van der Waals surface area contributed by atoms with Crippen LogP contribution < -0.4 is 4.52 Å². The van der Waals surface area contributed by atoms with Crippen LogP contribution in [0.5, 0.6) is 5.75 Å². The zero-order valence-corrected chi connectivity index (χ0v) is 30.1. The summed E-state index contributed by atoms with van der Waals surface area (Å²) in [6, 6.07) is 0. The topological polar surface area (TPSA) is 65.0 Å². The molecule has 43 heavy (non-hydrogen) atoms. The molecule has 2 rings (SSSR count). The Morgan fingerprint density at radius 3 is 1.47 bits per heavy atom. The average Bonchev–Trinajstić information content (AvgIpc) is 3.44. The number of carboxylic acids is 1. The zero-order valence-electron chi connectivity index (χ0n) is 29.2. The molecule has 0 amide bonds. The molecule has 1 aliphatic rings. The molecule has 0 spiro atoms. The number of aromatic carboxylic acids is 1. The van der Waals surface area contributed by atoms with Gasteiger partial charge in [0.1, 0.15) is 5.75 Å². The van der Waals surface area contributed by atoms with E-state index in [0.29, 0.717) is 30.9 Å². The fourth-order valence-electron chi connectivity index (χ4n) is 6.57. The molecular weight excluding hydrogens is 555 g/mol. The molecule has 0 saturated carbocycles. The van der Waals surface area contributed by atoms with Gasteiger partial charge in [0.25, 0.3) is 0 Å². The van der Waals surface area contributed by atoms with Crippen LogP contribution in [0.15, 0.2) is 0 Å². The van der Waals surface area contributed by atoms with E-state index in [0.717, 1.165) is 35.1 Å². The van der Waals surface area contributed by atoms with Crippen molar-refractivity contribution in [1.82, 2.24) is 0 Å². The highest BCUT2D eigenvalue weighted by Gasteiger charge is 2.38. The molecule has 0 radical (unpaired) electrons. The minimum absolute atomic E-state index is 0.226. The third kappa shape index (κ3) is 12.6. The van der Waals surface area contributed by atoms with Crippen molar-refractivity contribution in [3.05, 3.63) is 27.8 Å². The van der Waals surface area contributed by atoms with E-state index >= 15 is 0 Å². The van der Waals surface area contributed by atoms with E-state index in [1.54, 1.807) is 0 Å². The molecule has 248 valence electrons. The summed E-state index contributed by atoms with van der Waals surface area (Å²) in [5.74, 6) is -0.199. The Hall–Kier alpha value is -1.16. The van der Waals surface area contributed by atoms with Crippen LogP contribution in [0, 0.1) is 0 Å². The first-order valence-electron chi connectivity index (χ1n) is 17.6. The van der Waals surface area contributed by atoms with Crippen molar-refractivity contribution in [2.45, 2.75) is 182 Å². The SMILES string of the molecule is CCCCCCCCCCCCCCCCCCc1c(CC)c(C(=O)O)c(C(C)(C)C)c(OP2OCCO2)c1C(C)(C)C. The molecule has 0 aliphatic carbocycles. The third-order valence-electron chi connectivity index (χ3n) is 8.66. The molecule has 0 unspecified atom stereocenters. The van der Waals surface area contributed by atoms with Crippen molar-refractivity contribution >= 4 is 14.6 Å². The van der Waals surface area contributed by atoms with E-state index in [-0.39, 0.29) is 5.41 Å². The first kappa shape index (κ1) is 38.0. The number of hydrogen-bond acceptors (Lipinski definition) is 4. The van der Waals surface area contributed by atoms with Crippen LogP contribution in [0.4, 0.5) is 0 Å². The van der Waals surface area contributed by atoms with E-state index in [4.69, 9.17) is 13.6 Å². The van der Waals surface area contributed by atoms with Gasteiger partial charge in [-0.15, -0.1) is 0 Å². The molecule has 1 aromatic carbocycles. The second-order valence-corrected chi connectivity index (χ2v) is 15.8. The van der Waals surface area contributed by atoms with Crippen LogP contribution in [-0.2, 0) is 32.7 Å². The molecular formula is C37H65O5P. The lowest BCUT2D eigenvalue weighted by atomic mass is 9.72. The number of hydrogen-bond donors (Lipinski definition) is 1. The van der Waals surface area contributed by atoms with E-state index < -0.39 is 20.0 Å². The smallest absolute Gasteiger partial charge is 0.397 e. The normalized spacial score (nSPS) is 14.5. The molecule has 1 fully saturated rings. The molecule has 6 heteroatoms. The Bertz CT molecular complexity index is 953. The van der Waals surface area contributed by atoms with Gasteiger partial charge in [0, 0.05) is 11.1 Å². The molecule has 1 saturated heterocycles. The zero-order chi connectivity index (χ0) is 31.9. The summed E-state index contributed by atoms with van der Waals surface area (Å²) in [5.41, 5.74) is 3.79. The van der Waals surface area contributed by atoms with Gasteiger partial charge < -0.3 is 18.7 Å². The average molecular weight is 621 g/mol. The second-order valence-electron chi connectivity index (χ2n) is 14.6. The molecule has 5 nitrogen and oxygen atoms in total. The summed E-state index contributed by atoms with van der Waals surface area (Å²) in [7, 11) is -1.53. The van der Waals surface area contributed by atoms with Gasteiger partial charge >= 0.3 is 14.6 Å². The van der Waals surface area contributed by atoms with Gasteiger partial charge in [-0.2, -0.15) is 0 Å². The quantitative estimate of drug-likeness (QED) is 0.109. The Kier molecular flexibility index (Phi) is 17.1. The van der Waals surface area contributed by atoms with Crippen molar-refractivity contribution < 1.29 is 23.5 Å². The maximum absolute atomic E-state index is 12.9. The Balaban J connectivity index is 2.02. The predicted octanol–water partition coefficient (Wildman–Crippen LogP) is 12.0. The predicted molar refractivity (Wildman–Crippen MR) is 183 cm³/mol. The molecule has 0 atom stereocenters. The molecule has 1 aromatic rings. The van der Waals surface area contributed by atoms with E-state index in [1.807, 2.05) is 0 Å². The van der Waals surface area contributed by atoms with Crippen molar-refractivity contribution in [3.63, 3.8) is 0 Å². The van der Waals surface area contributed by atoms with Gasteiger partial charge in [-0.3, -0.25) is 0 Å². The maximum Gasteiger partial charge on any atom is 0.397 e. The lowest BCUT2D eigenvalue weighted by molar-refractivity contribution is 0.0692. The van der Waals surface area contributed by atoms with Gasteiger partial charge in [-0.1, -0.05) is 152 Å². The standard InChI is InChI=1S/C37H65O5P/c1-9-11-12-13-14-15-16-17-18-19-20-21-22-23-24-25-26-30-29(10-2)31(35(38)39)33(37(6,7)8)34(32(30)36(3,4)5)42-43-40-27-28-41-43/h9-28H2,1-8H3,(H,38,39). The maximum atomic E-state index is 12.9. The van der Waals surface area contributed by atoms with Crippen LogP contribution in [-0.4, -0.2) is 24.3 Å². The number of unbranched alkanes of at least 4 members (excludes halogenated alkanes) is 15. The Morgan fingerprint density at radius 2 is 1.09 bits per heavy atom. The van der Waals surface area contributed by atoms with E-state index in [9.17, 15) is 9.90 Å². The van der Waals surface area contributed by atoms with E-state index in [2.05, 4.69) is 55.4 Å². The van der Waals surface area contributed by atoms with Gasteiger partial charge in [-0.05, 0) is 41.2 Å². The Morgan fingerprint density at radius 1 is 0.674 bits per heavy atom. The minimum Gasteiger partial charge on any atom is -0.478 e. The fourth-order valence-corrected chi connectivity index (χ4v) is 7.53. The number of carboxylic acid groups (broad SMARTS) is 1. The van der Waals surface area contributed by atoms with Crippen LogP contribution in [0.2, 0.25) is 0 Å². The van der Waals surface area contributed by atoms with Gasteiger partial charge in [0.05, 0.1) is 18.8 Å². The van der Waals surface area contributed by atoms with Gasteiger partial charge in [-0.25, -0.2) is 4.79 Å². The summed E-state index contributed by atoms with van der Waals surface area (Å²) in [5, 5.41) is 10.5. The molecule has 1 heterocycles. The first-order chi connectivity index (χ1) is 20.4. The summed E-state index contributed by atoms with van der Waals surface area (Å²) >= 11 is 0. The highest BCUT2D eigenvalue weighted by Crippen LogP contribution is 2.53. The largest absolute Gasteiger partial charge is 0.478 e. The highest BCUT2D eigenvalue weighted by molar-refractivity contribution is 7.42. The Labute approximate surface area is 266 Å². The van der Waals surface area contributed by atoms with Crippen LogP contribution in [0.25, 0.3) is 0 Å². The van der Waals surface area contributed by atoms with E-state index in [1.165, 1.54) is 96.3 Å². The third-order valence-corrected chi connectivity index (χ3v) is 9.78. The van der Waals surface area contributed by atoms with Crippen molar-refractivity contribution in [3.8, 4) is 5.75 Å². The lowest BCUT2D eigenvalue weighted by Crippen LogP contribution is -2.26. The lowest BCUT2D eigenvalue weighted by Gasteiger charge is -2.35. The fraction of sp³-hybridized carbons (Fsp3) is 0.811. The second kappa shape index (κ2) is 19.4. The molecule has 1 aliphatic heterocycles. The van der Waals surface area contributed by atoms with Crippen LogP contribution >= 0.6 is 8.60 Å². The monoisotopic (exact) mass is 620 g/mol. The molecule has 0 bridgehead atoms. The summed E-state index contributed by atoms with van der Waals surface area (Å²) < 4.78 is 18.0. The van der Waals surface area contributed by atoms with Crippen molar-refractivity contribution in [1.29, 1.82) is 0 Å². The van der Waals surface area contributed by atoms with Crippen LogP contribution in [0.1, 0.15) is 191 Å². The number of rotatable bonds is 21. The number of carbonyl (C=O) groups is 1. The van der Waals surface area contributed by atoms with Crippen molar-refractivity contribution in [2.24, 2.45) is 0 Å². The first-order valence-corrected chi connectivity index (χ1v) is 18.7. The molecule has 0 aromatic heterocycles. The summed E-state index contributed by atoms with van der Waals surface area (Å²) in [4.78, 5) is 12.9. The summed E-state index contributed by atoms with van der Waals surface area (Å²) in [6.45, 7) is 18.2. The number of benzene rings is 1. The van der Waals surface area contributed by atoms with Crippen LogP contribution in [0.3, 0.4) is 0 Å². The van der Waals surface area contributed by atoms with Gasteiger partial charge in [0.2, 0.25) is 0 Å². The highest BCUT2D eigenvalue weighted by atomic mass is 31.2. The summed E-state index contributed by atoms with van der Waals surface area (Å²) in [6.07, 6.45) is 23.0. The van der Waals surface area contributed by atoms with Crippen molar-refractivity contribution in [2.75, 3.05) is 13.2 Å².